The first kappa shape index (κ1) is 10.2. The van der Waals surface area contributed by atoms with E-state index in [0.717, 1.165) is 11.1 Å². The van der Waals surface area contributed by atoms with Gasteiger partial charge in [0.05, 0.1) is 0 Å². The molecule has 0 amide bonds. The lowest BCUT2D eigenvalue weighted by Gasteiger charge is -1.97. The molecule has 0 radical (unpaired) electrons. The van der Waals surface area contributed by atoms with Gasteiger partial charge < -0.3 is 9.52 Å². The molecule has 0 saturated carbocycles. The number of hydrogen-bond donors (Lipinski definition) is 1. The molecule has 2 aromatic rings. The van der Waals surface area contributed by atoms with E-state index in [1.807, 2.05) is 24.3 Å². The molecule has 0 aliphatic rings. The zero-order valence-corrected chi connectivity index (χ0v) is 8.51. The van der Waals surface area contributed by atoms with Crippen molar-refractivity contribution in [3.63, 3.8) is 0 Å². The number of aromatic carboxylic acids is 1. The van der Waals surface area contributed by atoms with Crippen LogP contribution >= 0.6 is 0 Å². The maximum Gasteiger partial charge on any atom is 0.371 e. The molecule has 1 aromatic heterocycles. The minimum absolute atomic E-state index is 0.0530. The second-order valence-electron chi connectivity index (χ2n) is 3.30. The van der Waals surface area contributed by atoms with Crippen molar-refractivity contribution in [2.75, 3.05) is 0 Å². The largest absolute Gasteiger partial charge is 0.475 e. The lowest BCUT2D eigenvalue weighted by Crippen LogP contribution is -1.91. The monoisotopic (exact) mass is 214 g/mol. The molecule has 80 valence electrons. The van der Waals surface area contributed by atoms with E-state index in [0.29, 0.717) is 5.76 Å². The van der Waals surface area contributed by atoms with Crippen molar-refractivity contribution in [1.82, 2.24) is 0 Å². The van der Waals surface area contributed by atoms with Crippen LogP contribution in [-0.4, -0.2) is 11.1 Å². The van der Waals surface area contributed by atoms with Crippen LogP contribution in [-0.2, 0) is 0 Å². The minimum atomic E-state index is -1.06. The minimum Gasteiger partial charge on any atom is -0.475 e. The van der Waals surface area contributed by atoms with Crippen LogP contribution in [0, 0.1) is 0 Å². The fourth-order valence-corrected chi connectivity index (χ4v) is 1.39. The van der Waals surface area contributed by atoms with Gasteiger partial charge in [0.2, 0.25) is 5.76 Å². The number of carboxylic acids is 1. The molecule has 0 atom stereocenters. The van der Waals surface area contributed by atoms with Crippen LogP contribution in [0.1, 0.15) is 16.1 Å². The quantitative estimate of drug-likeness (QED) is 0.852. The van der Waals surface area contributed by atoms with Crippen molar-refractivity contribution in [3.8, 4) is 11.3 Å². The molecule has 3 nitrogen and oxygen atoms in total. The summed E-state index contributed by atoms with van der Waals surface area (Å²) in [5, 5.41) is 8.72. The van der Waals surface area contributed by atoms with Gasteiger partial charge in [0.1, 0.15) is 5.76 Å². The maximum absolute atomic E-state index is 10.6. The molecular weight excluding hydrogens is 204 g/mol. The topological polar surface area (TPSA) is 50.4 Å². The summed E-state index contributed by atoms with van der Waals surface area (Å²) < 4.78 is 5.18. The highest BCUT2D eigenvalue weighted by atomic mass is 16.4. The lowest BCUT2D eigenvalue weighted by atomic mass is 10.1. The van der Waals surface area contributed by atoms with Crippen LogP contribution < -0.4 is 0 Å². The van der Waals surface area contributed by atoms with Crippen LogP contribution in [0.5, 0.6) is 0 Å². The van der Waals surface area contributed by atoms with Crippen molar-refractivity contribution in [3.05, 3.63) is 54.3 Å². The Morgan fingerprint density at radius 1 is 1.19 bits per heavy atom. The Labute approximate surface area is 92.6 Å². The summed E-state index contributed by atoms with van der Waals surface area (Å²) in [6, 6.07) is 10.6. The SMILES string of the molecule is C=Cc1ccc(-c2ccc(C(=O)O)o2)cc1. The highest BCUT2D eigenvalue weighted by molar-refractivity contribution is 5.85. The fraction of sp³-hybridized carbons (Fsp3) is 0. The van der Waals surface area contributed by atoms with Crippen LogP contribution in [0.3, 0.4) is 0 Å². The molecule has 3 heteroatoms. The van der Waals surface area contributed by atoms with Gasteiger partial charge in [-0.3, -0.25) is 0 Å². The number of carboxylic acid groups (broad SMARTS) is 1. The van der Waals surface area contributed by atoms with E-state index in [9.17, 15) is 4.79 Å². The number of rotatable bonds is 3. The van der Waals surface area contributed by atoms with Crippen LogP contribution in [0.4, 0.5) is 0 Å². The van der Waals surface area contributed by atoms with Gasteiger partial charge in [-0.2, -0.15) is 0 Å². The Hall–Kier alpha value is -2.29. The standard InChI is InChI=1S/C13H10O3/c1-2-9-3-5-10(6-4-9)11-7-8-12(16-11)13(14)15/h2-8H,1H2,(H,14,15). The van der Waals surface area contributed by atoms with Crippen LogP contribution in [0.2, 0.25) is 0 Å². The lowest BCUT2D eigenvalue weighted by molar-refractivity contribution is 0.0663. The summed E-state index contributed by atoms with van der Waals surface area (Å²) in [7, 11) is 0. The second kappa shape index (κ2) is 4.06. The zero-order valence-electron chi connectivity index (χ0n) is 8.51. The predicted octanol–water partition coefficient (Wildman–Crippen LogP) is 3.29. The molecular formula is C13H10O3. The van der Waals surface area contributed by atoms with Gasteiger partial charge in [-0.15, -0.1) is 0 Å². The summed E-state index contributed by atoms with van der Waals surface area (Å²) in [6.07, 6.45) is 1.74. The Morgan fingerprint density at radius 3 is 2.38 bits per heavy atom. The first-order valence-electron chi connectivity index (χ1n) is 4.76. The van der Waals surface area contributed by atoms with Crippen LogP contribution in [0.25, 0.3) is 17.4 Å². The summed E-state index contributed by atoms with van der Waals surface area (Å²) in [5.41, 5.74) is 1.85. The molecule has 2 rings (SSSR count). The first-order chi connectivity index (χ1) is 7.70. The maximum atomic E-state index is 10.6. The normalized spacial score (nSPS) is 10.0. The third-order valence-electron chi connectivity index (χ3n) is 2.25. The van der Waals surface area contributed by atoms with Gasteiger partial charge in [0.25, 0.3) is 0 Å². The smallest absolute Gasteiger partial charge is 0.371 e. The van der Waals surface area contributed by atoms with E-state index in [1.165, 1.54) is 6.07 Å². The number of furan rings is 1. The van der Waals surface area contributed by atoms with E-state index < -0.39 is 5.97 Å². The van der Waals surface area contributed by atoms with E-state index in [4.69, 9.17) is 9.52 Å². The number of hydrogen-bond acceptors (Lipinski definition) is 2. The summed E-state index contributed by atoms with van der Waals surface area (Å²) in [5.74, 6) is -0.565. The van der Waals surface area contributed by atoms with Crippen molar-refractivity contribution in [2.24, 2.45) is 0 Å². The highest BCUT2D eigenvalue weighted by Crippen LogP contribution is 2.22. The Balaban J connectivity index is 2.35. The Bertz CT molecular complexity index is 520. The summed E-state index contributed by atoms with van der Waals surface area (Å²) >= 11 is 0. The predicted molar refractivity (Wildman–Crippen MR) is 61.2 cm³/mol. The van der Waals surface area contributed by atoms with Gasteiger partial charge in [0.15, 0.2) is 0 Å². The summed E-state index contributed by atoms with van der Waals surface area (Å²) in [4.78, 5) is 10.6. The van der Waals surface area contributed by atoms with Gasteiger partial charge in [-0.25, -0.2) is 4.79 Å². The molecule has 0 aliphatic carbocycles. The van der Waals surface area contributed by atoms with E-state index in [1.54, 1.807) is 12.1 Å². The van der Waals surface area contributed by atoms with E-state index >= 15 is 0 Å². The van der Waals surface area contributed by atoms with Crippen molar-refractivity contribution in [1.29, 1.82) is 0 Å². The van der Waals surface area contributed by atoms with Gasteiger partial charge in [0, 0.05) is 5.56 Å². The molecule has 1 heterocycles. The zero-order chi connectivity index (χ0) is 11.5. The van der Waals surface area contributed by atoms with E-state index in [-0.39, 0.29) is 5.76 Å². The Morgan fingerprint density at radius 2 is 1.88 bits per heavy atom. The molecule has 0 saturated heterocycles. The van der Waals surface area contributed by atoms with Crippen molar-refractivity contribution >= 4 is 12.0 Å². The third kappa shape index (κ3) is 1.88. The molecule has 0 spiro atoms. The highest BCUT2D eigenvalue weighted by Gasteiger charge is 2.09. The molecule has 16 heavy (non-hydrogen) atoms. The van der Waals surface area contributed by atoms with E-state index in [2.05, 4.69) is 6.58 Å². The van der Waals surface area contributed by atoms with Gasteiger partial charge >= 0.3 is 5.97 Å². The molecule has 1 N–H and O–H groups in total. The molecule has 0 aliphatic heterocycles. The molecule has 0 unspecified atom stereocenters. The number of benzene rings is 1. The molecule has 0 bridgehead atoms. The van der Waals surface area contributed by atoms with Crippen LogP contribution in [0.15, 0.2) is 47.4 Å². The van der Waals surface area contributed by atoms with Gasteiger partial charge in [-0.05, 0) is 17.7 Å². The number of carbonyl (C=O) groups is 1. The second-order valence-corrected chi connectivity index (χ2v) is 3.30. The fourth-order valence-electron chi connectivity index (χ4n) is 1.39. The average Bonchev–Trinajstić information content (AvgIpc) is 2.78. The third-order valence-corrected chi connectivity index (χ3v) is 2.25. The van der Waals surface area contributed by atoms with Crippen molar-refractivity contribution < 1.29 is 14.3 Å². The van der Waals surface area contributed by atoms with Crippen molar-refractivity contribution in [2.45, 2.75) is 0 Å². The van der Waals surface area contributed by atoms with Gasteiger partial charge in [-0.1, -0.05) is 36.9 Å². The Kier molecular flexibility index (Phi) is 2.60. The summed E-state index contributed by atoms with van der Waals surface area (Å²) in [6.45, 7) is 3.66. The molecule has 0 fully saturated rings. The average molecular weight is 214 g/mol. The first-order valence-corrected chi connectivity index (χ1v) is 4.76. The molecule has 1 aromatic carbocycles.